The summed E-state index contributed by atoms with van der Waals surface area (Å²) in [7, 11) is 0. The van der Waals surface area contributed by atoms with Crippen LogP contribution in [-0.4, -0.2) is 40.8 Å². The number of aryl methyl sites for hydroxylation is 1. The number of hydrogen-bond acceptors (Lipinski definition) is 4. The molecule has 0 bridgehead atoms. The monoisotopic (exact) mass is 359 g/mol. The Balaban J connectivity index is 1.60. The molecule has 1 atom stereocenters. The van der Waals surface area contributed by atoms with E-state index in [4.69, 9.17) is 4.42 Å². The van der Waals surface area contributed by atoms with Crippen LogP contribution in [0, 0.1) is 12.7 Å². The second kappa shape index (κ2) is 6.90. The van der Waals surface area contributed by atoms with E-state index in [1.165, 1.54) is 18.4 Å². The van der Waals surface area contributed by atoms with Gasteiger partial charge in [0.25, 0.3) is 5.91 Å². The summed E-state index contributed by atoms with van der Waals surface area (Å²) < 4.78 is 18.5. The lowest BCUT2D eigenvalue weighted by Gasteiger charge is -2.41. The van der Waals surface area contributed by atoms with Crippen LogP contribution in [0.3, 0.4) is 0 Å². The van der Waals surface area contributed by atoms with Gasteiger partial charge in [0.2, 0.25) is 5.91 Å². The first-order valence-electron chi connectivity index (χ1n) is 8.56. The topological polar surface area (TPSA) is 75.4 Å². The predicted octanol–water partition coefficient (Wildman–Crippen LogP) is 2.43. The van der Waals surface area contributed by atoms with Crippen molar-refractivity contribution in [3.63, 3.8) is 0 Å². The molecule has 2 amide bonds. The normalized spacial score (nSPS) is 16.9. The van der Waals surface area contributed by atoms with Crippen LogP contribution in [0.25, 0.3) is 0 Å². The van der Waals surface area contributed by atoms with Gasteiger partial charge >= 0.3 is 0 Å². The molecule has 3 rings (SSSR count). The fourth-order valence-corrected chi connectivity index (χ4v) is 2.97. The van der Waals surface area contributed by atoms with Crippen LogP contribution in [0.1, 0.15) is 42.2 Å². The molecule has 0 spiro atoms. The van der Waals surface area contributed by atoms with Crippen LogP contribution < -0.4 is 5.32 Å². The van der Waals surface area contributed by atoms with E-state index in [1.54, 1.807) is 37.8 Å². The Kier molecular flexibility index (Phi) is 4.80. The zero-order chi connectivity index (χ0) is 18.9. The smallest absolute Gasteiger partial charge is 0.276 e. The van der Waals surface area contributed by atoms with E-state index in [-0.39, 0.29) is 29.4 Å². The van der Waals surface area contributed by atoms with Crippen molar-refractivity contribution in [1.82, 2.24) is 15.2 Å². The van der Waals surface area contributed by atoms with Crippen molar-refractivity contribution in [1.29, 1.82) is 0 Å². The molecule has 2 aromatic rings. The molecule has 1 aliphatic heterocycles. The minimum atomic E-state index is -0.871. The van der Waals surface area contributed by atoms with E-state index < -0.39 is 5.41 Å². The van der Waals surface area contributed by atoms with Crippen LogP contribution in [0.4, 0.5) is 4.39 Å². The number of likely N-dealkylation sites (tertiary alicyclic amines) is 1. The summed E-state index contributed by atoms with van der Waals surface area (Å²) in [5.41, 5.74) is 0.0115. The lowest BCUT2D eigenvalue weighted by Crippen LogP contribution is -2.57. The van der Waals surface area contributed by atoms with Gasteiger partial charge in [0.1, 0.15) is 12.1 Å². The first-order chi connectivity index (χ1) is 12.3. The summed E-state index contributed by atoms with van der Waals surface area (Å²) in [6, 6.07) is 5.96. The number of oxazole rings is 1. The Hall–Kier alpha value is -2.70. The van der Waals surface area contributed by atoms with Gasteiger partial charge in [-0.05, 0) is 38.0 Å². The van der Waals surface area contributed by atoms with Gasteiger partial charge in [0.05, 0.1) is 11.5 Å². The fraction of sp³-hybridized carbons (Fsp3) is 0.421. The van der Waals surface area contributed by atoms with Crippen molar-refractivity contribution in [2.24, 2.45) is 0 Å². The molecule has 7 heteroatoms. The minimum Gasteiger partial charge on any atom is -0.448 e. The zero-order valence-corrected chi connectivity index (χ0v) is 15.1. The molecule has 1 saturated heterocycles. The summed E-state index contributed by atoms with van der Waals surface area (Å²) in [6.07, 6.45) is 2.15. The van der Waals surface area contributed by atoms with E-state index in [9.17, 15) is 14.0 Å². The number of benzene rings is 1. The third-order valence-electron chi connectivity index (χ3n) is 4.86. The molecule has 1 aromatic carbocycles. The average Bonchev–Trinajstić information content (AvgIpc) is 3.00. The molecule has 26 heavy (non-hydrogen) atoms. The highest BCUT2D eigenvalue weighted by Crippen LogP contribution is 2.25. The molecular weight excluding hydrogens is 337 g/mol. The third-order valence-corrected chi connectivity index (χ3v) is 4.86. The van der Waals surface area contributed by atoms with Crippen molar-refractivity contribution < 1.29 is 18.4 Å². The molecule has 2 heterocycles. The predicted molar refractivity (Wildman–Crippen MR) is 93.1 cm³/mol. The first kappa shape index (κ1) is 18.1. The maximum absolute atomic E-state index is 13.5. The number of rotatable bonds is 5. The summed E-state index contributed by atoms with van der Waals surface area (Å²) in [5, 5.41) is 2.89. The van der Waals surface area contributed by atoms with E-state index in [1.807, 2.05) is 0 Å². The number of amides is 2. The van der Waals surface area contributed by atoms with Gasteiger partial charge in [0, 0.05) is 20.0 Å². The SMILES string of the molecule is Cc1nc(C(=O)N2CCC2CNC(=O)C(C)(C)c2cccc(F)c2)co1. The van der Waals surface area contributed by atoms with Gasteiger partial charge in [-0.1, -0.05) is 12.1 Å². The molecule has 138 valence electrons. The van der Waals surface area contributed by atoms with Gasteiger partial charge < -0.3 is 14.6 Å². The maximum Gasteiger partial charge on any atom is 0.276 e. The van der Waals surface area contributed by atoms with Crippen molar-refractivity contribution in [2.75, 3.05) is 13.1 Å². The second-order valence-electron chi connectivity index (χ2n) is 7.04. The molecule has 1 aromatic heterocycles. The molecule has 0 aliphatic carbocycles. The van der Waals surface area contributed by atoms with Gasteiger partial charge in [-0.2, -0.15) is 0 Å². The van der Waals surface area contributed by atoms with Crippen molar-refractivity contribution in [3.8, 4) is 0 Å². The van der Waals surface area contributed by atoms with E-state index in [0.29, 0.717) is 24.5 Å². The summed E-state index contributed by atoms with van der Waals surface area (Å²) >= 11 is 0. The van der Waals surface area contributed by atoms with Gasteiger partial charge in [-0.25, -0.2) is 9.37 Å². The zero-order valence-electron chi connectivity index (χ0n) is 15.1. The third kappa shape index (κ3) is 3.47. The first-order valence-corrected chi connectivity index (χ1v) is 8.56. The van der Waals surface area contributed by atoms with Crippen LogP contribution in [-0.2, 0) is 10.2 Å². The van der Waals surface area contributed by atoms with E-state index in [2.05, 4.69) is 10.3 Å². The van der Waals surface area contributed by atoms with E-state index in [0.717, 1.165) is 6.42 Å². The second-order valence-corrected chi connectivity index (χ2v) is 7.04. The Morgan fingerprint density at radius 2 is 2.19 bits per heavy atom. The average molecular weight is 359 g/mol. The summed E-state index contributed by atoms with van der Waals surface area (Å²) in [4.78, 5) is 30.7. The lowest BCUT2D eigenvalue weighted by molar-refractivity contribution is -0.126. The highest BCUT2D eigenvalue weighted by molar-refractivity contribution is 5.93. The number of nitrogens with zero attached hydrogens (tertiary/aromatic N) is 2. The molecule has 0 radical (unpaired) electrons. The van der Waals surface area contributed by atoms with Gasteiger partial charge in [-0.3, -0.25) is 9.59 Å². The molecule has 1 N–H and O–H groups in total. The summed E-state index contributed by atoms with van der Waals surface area (Å²) in [5.74, 6) is -0.339. The molecule has 1 unspecified atom stereocenters. The van der Waals surface area contributed by atoms with Crippen LogP contribution in [0.15, 0.2) is 34.9 Å². The molecule has 6 nitrogen and oxygen atoms in total. The minimum absolute atomic E-state index is 0.0771. The quantitative estimate of drug-likeness (QED) is 0.890. The van der Waals surface area contributed by atoms with Gasteiger partial charge in [-0.15, -0.1) is 0 Å². The Morgan fingerprint density at radius 3 is 2.77 bits per heavy atom. The van der Waals surface area contributed by atoms with Crippen LogP contribution in [0.5, 0.6) is 0 Å². The van der Waals surface area contributed by atoms with Crippen LogP contribution in [0.2, 0.25) is 0 Å². The number of nitrogens with one attached hydrogen (secondary N) is 1. The van der Waals surface area contributed by atoms with Crippen molar-refractivity contribution >= 4 is 11.8 Å². The molecular formula is C19H22FN3O3. The maximum atomic E-state index is 13.5. The molecule has 0 saturated carbocycles. The number of halogens is 1. The number of carbonyl (C=O) groups is 2. The number of aromatic nitrogens is 1. The number of hydrogen-bond donors (Lipinski definition) is 1. The van der Waals surface area contributed by atoms with Crippen molar-refractivity contribution in [3.05, 3.63) is 53.5 Å². The van der Waals surface area contributed by atoms with Crippen molar-refractivity contribution in [2.45, 2.75) is 38.6 Å². The van der Waals surface area contributed by atoms with Gasteiger partial charge in [0.15, 0.2) is 11.6 Å². The molecule has 1 aliphatic rings. The highest BCUT2D eigenvalue weighted by atomic mass is 19.1. The lowest BCUT2D eigenvalue weighted by atomic mass is 9.83. The standard InChI is InChI=1S/C19H22FN3O3/c1-12-22-16(11-26-12)17(24)23-8-7-15(23)10-21-18(25)19(2,3)13-5-4-6-14(20)9-13/h4-6,9,11,15H,7-8,10H2,1-3H3,(H,21,25). The largest absolute Gasteiger partial charge is 0.448 e. The number of carbonyl (C=O) groups excluding carboxylic acids is 2. The Morgan fingerprint density at radius 1 is 1.42 bits per heavy atom. The highest BCUT2D eigenvalue weighted by Gasteiger charge is 2.36. The summed E-state index contributed by atoms with van der Waals surface area (Å²) in [6.45, 7) is 6.15. The van der Waals surface area contributed by atoms with E-state index >= 15 is 0 Å². The fourth-order valence-electron chi connectivity index (χ4n) is 2.97. The Bertz CT molecular complexity index is 831. The molecule has 1 fully saturated rings. The van der Waals surface area contributed by atoms with Crippen LogP contribution >= 0.6 is 0 Å². The Labute approximate surface area is 151 Å².